The Kier molecular flexibility index (Phi) is 7.94. The van der Waals surface area contributed by atoms with Gasteiger partial charge in [-0.25, -0.2) is 0 Å². The number of methoxy groups -OCH3 is 1. The molecule has 4 aromatic carbocycles. The summed E-state index contributed by atoms with van der Waals surface area (Å²) >= 11 is 9.66. The second kappa shape index (κ2) is 11.3. The summed E-state index contributed by atoms with van der Waals surface area (Å²) in [5.74, 6) is 0.478. The number of amides is 1. The lowest BCUT2D eigenvalue weighted by Crippen LogP contribution is -2.14. The molecule has 36 heavy (non-hydrogen) atoms. The zero-order valence-corrected chi connectivity index (χ0v) is 22.0. The number of ether oxygens (including phenoxy) is 2. The van der Waals surface area contributed by atoms with Gasteiger partial charge in [0, 0.05) is 15.2 Å². The van der Waals surface area contributed by atoms with E-state index in [1.165, 1.54) is 11.5 Å². The van der Waals surface area contributed by atoms with Crippen LogP contribution in [0.15, 0.2) is 82.8 Å². The van der Waals surface area contributed by atoms with Gasteiger partial charge in [-0.2, -0.15) is 5.26 Å². The molecule has 0 aliphatic rings. The van der Waals surface area contributed by atoms with Crippen LogP contribution in [0.2, 0.25) is 5.02 Å². The number of rotatable bonds is 7. The van der Waals surface area contributed by atoms with Crippen molar-refractivity contribution in [2.75, 3.05) is 12.4 Å². The van der Waals surface area contributed by atoms with Crippen molar-refractivity contribution in [2.45, 2.75) is 13.5 Å². The Bertz CT molecular complexity index is 1530. The summed E-state index contributed by atoms with van der Waals surface area (Å²) in [5, 5.41) is 15.2. The Labute approximate surface area is 223 Å². The van der Waals surface area contributed by atoms with Gasteiger partial charge in [-0.1, -0.05) is 70.0 Å². The van der Waals surface area contributed by atoms with E-state index >= 15 is 0 Å². The molecule has 7 heteroatoms. The molecule has 0 saturated carbocycles. The van der Waals surface area contributed by atoms with Gasteiger partial charge in [0.25, 0.3) is 5.91 Å². The van der Waals surface area contributed by atoms with Gasteiger partial charge in [0.2, 0.25) is 0 Å². The van der Waals surface area contributed by atoms with E-state index < -0.39 is 5.91 Å². The van der Waals surface area contributed by atoms with Gasteiger partial charge in [-0.15, -0.1) is 0 Å². The fraction of sp³-hybridized carbons (Fsp3) is 0.103. The van der Waals surface area contributed by atoms with E-state index in [-0.39, 0.29) is 5.57 Å². The topological polar surface area (TPSA) is 71.3 Å². The van der Waals surface area contributed by atoms with Crippen molar-refractivity contribution in [3.05, 3.63) is 105 Å². The van der Waals surface area contributed by atoms with Crippen molar-refractivity contribution >= 4 is 56.0 Å². The zero-order valence-electron chi connectivity index (χ0n) is 19.6. The van der Waals surface area contributed by atoms with E-state index in [1.54, 1.807) is 44.4 Å². The lowest BCUT2D eigenvalue weighted by Gasteiger charge is -2.14. The van der Waals surface area contributed by atoms with Crippen LogP contribution in [0, 0.1) is 18.3 Å². The van der Waals surface area contributed by atoms with Gasteiger partial charge in [0.05, 0.1) is 7.11 Å². The standard InChI is InChI=1S/C29H22BrClN2O3/c1-18-25(31)8-5-9-26(18)33-29(34)23(16-32)13-22-14-27(35-2)28(15-24(22)30)36-17-19-10-11-20-6-3-4-7-21(20)12-19/h3-15H,17H2,1-2H3,(H,33,34)/b23-13+. The van der Waals surface area contributed by atoms with Crippen molar-refractivity contribution in [1.29, 1.82) is 5.26 Å². The first kappa shape index (κ1) is 25.3. The van der Waals surface area contributed by atoms with E-state index in [9.17, 15) is 10.1 Å². The molecule has 0 aliphatic carbocycles. The number of nitrogens with one attached hydrogen (secondary N) is 1. The lowest BCUT2D eigenvalue weighted by molar-refractivity contribution is -0.112. The van der Waals surface area contributed by atoms with Gasteiger partial charge in [-0.05, 0) is 70.8 Å². The molecule has 5 nitrogen and oxygen atoms in total. The van der Waals surface area contributed by atoms with Gasteiger partial charge < -0.3 is 14.8 Å². The SMILES string of the molecule is COc1cc(/C=C(\C#N)C(=O)Nc2cccc(Cl)c2C)c(Br)cc1OCc1ccc2ccccc2c1. The molecule has 0 aliphatic heterocycles. The van der Waals surface area contributed by atoms with Crippen molar-refractivity contribution in [3.63, 3.8) is 0 Å². The van der Waals surface area contributed by atoms with Crippen LogP contribution >= 0.6 is 27.5 Å². The van der Waals surface area contributed by atoms with Crippen LogP contribution in [0.3, 0.4) is 0 Å². The molecule has 0 atom stereocenters. The van der Waals surface area contributed by atoms with Crippen LogP contribution in [0.1, 0.15) is 16.7 Å². The minimum absolute atomic E-state index is 0.0676. The molecule has 0 bridgehead atoms. The second-order valence-corrected chi connectivity index (χ2v) is 9.29. The number of hydrogen-bond donors (Lipinski definition) is 1. The fourth-order valence-corrected chi connectivity index (χ4v) is 4.27. The molecule has 0 aromatic heterocycles. The molecule has 4 aromatic rings. The number of benzene rings is 4. The third-order valence-electron chi connectivity index (χ3n) is 5.67. The molecular weight excluding hydrogens is 540 g/mol. The largest absolute Gasteiger partial charge is 0.493 e. The highest BCUT2D eigenvalue weighted by Gasteiger charge is 2.15. The molecule has 0 heterocycles. The molecule has 0 spiro atoms. The van der Waals surface area contributed by atoms with E-state index in [2.05, 4.69) is 45.5 Å². The third-order valence-corrected chi connectivity index (χ3v) is 6.77. The number of carbonyl (C=O) groups excluding carboxylic acids is 1. The Morgan fingerprint density at radius 1 is 1.06 bits per heavy atom. The highest BCUT2D eigenvalue weighted by molar-refractivity contribution is 9.10. The highest BCUT2D eigenvalue weighted by Crippen LogP contribution is 2.35. The van der Waals surface area contributed by atoms with Crippen LogP contribution in [0.25, 0.3) is 16.8 Å². The predicted octanol–water partition coefficient (Wildman–Crippen LogP) is 7.70. The quantitative estimate of drug-likeness (QED) is 0.185. The van der Waals surface area contributed by atoms with Crippen molar-refractivity contribution in [3.8, 4) is 17.6 Å². The Hall–Kier alpha value is -3.79. The van der Waals surface area contributed by atoms with Gasteiger partial charge in [0.15, 0.2) is 11.5 Å². The van der Waals surface area contributed by atoms with Crippen molar-refractivity contribution in [2.24, 2.45) is 0 Å². The summed E-state index contributed by atoms with van der Waals surface area (Å²) in [6.45, 7) is 2.15. The molecule has 0 radical (unpaired) electrons. The van der Waals surface area contributed by atoms with Crippen molar-refractivity contribution in [1.82, 2.24) is 0 Å². The van der Waals surface area contributed by atoms with Crippen molar-refractivity contribution < 1.29 is 14.3 Å². The second-order valence-electron chi connectivity index (χ2n) is 8.03. The first-order valence-electron chi connectivity index (χ1n) is 11.1. The average Bonchev–Trinajstić information content (AvgIpc) is 2.89. The molecule has 0 unspecified atom stereocenters. The molecular formula is C29H22BrClN2O3. The number of anilines is 1. The van der Waals surface area contributed by atoms with Gasteiger partial charge >= 0.3 is 0 Å². The highest BCUT2D eigenvalue weighted by atomic mass is 79.9. The maximum atomic E-state index is 12.8. The normalized spacial score (nSPS) is 11.1. The van der Waals surface area contributed by atoms with Crippen LogP contribution < -0.4 is 14.8 Å². The Morgan fingerprint density at radius 2 is 1.83 bits per heavy atom. The first-order chi connectivity index (χ1) is 17.4. The zero-order chi connectivity index (χ0) is 25.7. The number of hydrogen-bond acceptors (Lipinski definition) is 4. The summed E-state index contributed by atoms with van der Waals surface area (Å²) < 4.78 is 12.2. The van der Waals surface area contributed by atoms with Crippen LogP contribution in [-0.4, -0.2) is 13.0 Å². The van der Waals surface area contributed by atoms with Crippen LogP contribution in [0.4, 0.5) is 5.69 Å². The molecule has 0 fully saturated rings. The van der Waals surface area contributed by atoms with E-state index in [1.807, 2.05) is 24.3 Å². The monoisotopic (exact) mass is 560 g/mol. The maximum absolute atomic E-state index is 12.8. The van der Waals surface area contributed by atoms with Crippen LogP contribution in [-0.2, 0) is 11.4 Å². The van der Waals surface area contributed by atoms with E-state index in [4.69, 9.17) is 21.1 Å². The smallest absolute Gasteiger partial charge is 0.266 e. The first-order valence-corrected chi connectivity index (χ1v) is 12.2. The minimum atomic E-state index is -0.537. The third kappa shape index (κ3) is 5.71. The van der Waals surface area contributed by atoms with E-state index in [0.717, 1.165) is 16.5 Å². The number of carbonyl (C=O) groups is 1. The number of halogens is 2. The number of fused-ring (bicyclic) bond motifs is 1. The fourth-order valence-electron chi connectivity index (χ4n) is 3.66. The summed E-state index contributed by atoms with van der Waals surface area (Å²) in [4.78, 5) is 12.8. The Morgan fingerprint density at radius 3 is 2.58 bits per heavy atom. The predicted molar refractivity (Wildman–Crippen MR) is 147 cm³/mol. The summed E-state index contributed by atoms with van der Waals surface area (Å²) in [6.07, 6.45) is 1.49. The summed E-state index contributed by atoms with van der Waals surface area (Å²) in [7, 11) is 1.54. The average molecular weight is 562 g/mol. The molecule has 0 saturated heterocycles. The minimum Gasteiger partial charge on any atom is -0.493 e. The molecule has 1 amide bonds. The molecule has 1 N–H and O–H groups in total. The van der Waals surface area contributed by atoms with Gasteiger partial charge in [0.1, 0.15) is 18.2 Å². The molecule has 4 rings (SSSR count). The number of nitriles is 1. The van der Waals surface area contributed by atoms with Crippen LogP contribution in [0.5, 0.6) is 11.5 Å². The summed E-state index contributed by atoms with van der Waals surface area (Å²) in [5.41, 5.74) is 2.82. The lowest BCUT2D eigenvalue weighted by atomic mass is 10.1. The van der Waals surface area contributed by atoms with Gasteiger partial charge in [-0.3, -0.25) is 4.79 Å². The molecule has 180 valence electrons. The Balaban J connectivity index is 1.55. The maximum Gasteiger partial charge on any atom is 0.266 e. The van der Waals surface area contributed by atoms with E-state index in [0.29, 0.717) is 38.9 Å². The summed E-state index contributed by atoms with van der Waals surface area (Å²) in [6, 6.07) is 25.0. The number of nitrogens with zero attached hydrogens (tertiary/aromatic N) is 1.